The monoisotopic (exact) mass is 526 g/mol. The average Bonchev–Trinajstić information content (AvgIpc) is 2.72. The summed E-state index contributed by atoms with van der Waals surface area (Å²) in [6.07, 6.45) is 1.09. The van der Waals surface area contributed by atoms with E-state index in [1.165, 1.54) is 36.4 Å². The highest BCUT2D eigenvalue weighted by molar-refractivity contribution is 7.92. The van der Waals surface area contributed by atoms with Gasteiger partial charge in [0.05, 0.1) is 20.6 Å². The Balaban J connectivity index is 1.72. The second-order valence-corrected chi connectivity index (χ2v) is 11.5. The van der Waals surface area contributed by atoms with E-state index in [2.05, 4.69) is 9.71 Å². The van der Waals surface area contributed by atoms with Gasteiger partial charge in [0.2, 0.25) is 9.84 Å². The number of fused-ring (bicyclic) bond motifs is 1. The fourth-order valence-corrected chi connectivity index (χ4v) is 6.65. The first-order valence-corrected chi connectivity index (χ1v) is 13.1. The maximum atomic E-state index is 13.2. The Morgan fingerprint density at radius 2 is 1.34 bits per heavy atom. The number of sulfonamides is 1. The minimum Gasteiger partial charge on any atom is -0.279 e. The van der Waals surface area contributed by atoms with Crippen molar-refractivity contribution in [3.63, 3.8) is 0 Å². The highest BCUT2D eigenvalue weighted by Crippen LogP contribution is 2.37. The molecule has 0 aliphatic carbocycles. The van der Waals surface area contributed by atoms with Crippen molar-refractivity contribution in [3.8, 4) is 0 Å². The van der Waals surface area contributed by atoms with Crippen molar-refractivity contribution in [1.82, 2.24) is 4.98 Å². The van der Waals surface area contributed by atoms with Crippen LogP contribution >= 0.6 is 34.8 Å². The molecule has 4 rings (SSSR count). The summed E-state index contributed by atoms with van der Waals surface area (Å²) in [7, 11) is -8.10. The molecule has 4 aromatic rings. The largest absolute Gasteiger partial charge is 0.279 e. The van der Waals surface area contributed by atoms with E-state index in [0.717, 1.165) is 17.0 Å². The molecular weight excluding hydrogens is 515 g/mol. The van der Waals surface area contributed by atoms with Crippen molar-refractivity contribution in [2.24, 2.45) is 0 Å². The number of nitrogens with one attached hydrogen (secondary N) is 1. The number of hydrogen-bond donors (Lipinski definition) is 1. The van der Waals surface area contributed by atoms with Crippen LogP contribution in [-0.4, -0.2) is 21.8 Å². The lowest BCUT2D eigenvalue weighted by Crippen LogP contribution is -2.13. The van der Waals surface area contributed by atoms with E-state index in [4.69, 9.17) is 34.8 Å². The van der Waals surface area contributed by atoms with Crippen molar-refractivity contribution in [2.45, 2.75) is 14.7 Å². The molecule has 1 aromatic heterocycles. The number of hydrogen-bond acceptors (Lipinski definition) is 5. The summed E-state index contributed by atoms with van der Waals surface area (Å²) in [6.45, 7) is 0. The normalized spacial score (nSPS) is 12.1. The molecule has 0 spiro atoms. The maximum Gasteiger partial charge on any atom is 0.263 e. The number of benzene rings is 3. The van der Waals surface area contributed by atoms with Crippen LogP contribution < -0.4 is 4.72 Å². The lowest BCUT2D eigenvalue weighted by Gasteiger charge is -2.13. The zero-order chi connectivity index (χ0) is 23.1. The first kappa shape index (κ1) is 22.8. The van der Waals surface area contributed by atoms with E-state index in [1.807, 2.05) is 12.1 Å². The van der Waals surface area contributed by atoms with Crippen LogP contribution in [0.1, 0.15) is 0 Å². The molecule has 0 unspecified atom stereocenters. The average molecular weight is 528 g/mol. The number of anilines is 1. The van der Waals surface area contributed by atoms with E-state index in [1.54, 1.807) is 18.2 Å². The van der Waals surface area contributed by atoms with Gasteiger partial charge in [0.1, 0.15) is 14.9 Å². The minimum atomic E-state index is -4.07. The third kappa shape index (κ3) is 4.42. The molecule has 164 valence electrons. The van der Waals surface area contributed by atoms with Crippen LogP contribution in [0.15, 0.2) is 87.6 Å². The molecule has 1 N–H and O–H groups in total. The topological polar surface area (TPSA) is 93.2 Å². The maximum absolute atomic E-state index is 13.2. The molecule has 0 saturated carbocycles. The number of pyridine rings is 1. The summed E-state index contributed by atoms with van der Waals surface area (Å²) in [5.74, 6) is 0. The first-order valence-electron chi connectivity index (χ1n) is 8.95. The Hall–Kier alpha value is -2.36. The number of rotatable bonds is 5. The zero-order valence-electron chi connectivity index (χ0n) is 16.0. The van der Waals surface area contributed by atoms with Gasteiger partial charge in [0.25, 0.3) is 10.0 Å². The first-order chi connectivity index (χ1) is 15.1. The standard InChI is InChI=1S/C21H13Cl3N2O4S2/c22-18-10-15(26-32(29,30)17-7-8-20(24)25-12-17)11-19(23)21(18)31(27,28)16-6-5-13-3-1-2-4-14(13)9-16/h1-12,26H. The Bertz CT molecular complexity index is 1530. The fourth-order valence-electron chi connectivity index (χ4n) is 3.06. The number of sulfone groups is 1. The molecule has 6 nitrogen and oxygen atoms in total. The van der Waals surface area contributed by atoms with Gasteiger partial charge in [-0.2, -0.15) is 0 Å². The number of nitrogens with zero attached hydrogens (tertiary/aromatic N) is 1. The summed E-state index contributed by atoms with van der Waals surface area (Å²) in [5, 5.41) is 1.31. The van der Waals surface area contributed by atoms with Crippen molar-refractivity contribution in [1.29, 1.82) is 0 Å². The lowest BCUT2D eigenvalue weighted by atomic mass is 10.1. The van der Waals surface area contributed by atoms with Crippen LogP contribution in [0.4, 0.5) is 5.69 Å². The molecule has 0 radical (unpaired) electrons. The Labute approximate surface area is 199 Å². The highest BCUT2D eigenvalue weighted by atomic mass is 35.5. The van der Waals surface area contributed by atoms with Gasteiger partial charge >= 0.3 is 0 Å². The predicted octanol–water partition coefficient (Wildman–Crippen LogP) is 5.83. The van der Waals surface area contributed by atoms with Gasteiger partial charge < -0.3 is 0 Å². The Kier molecular flexibility index (Phi) is 6.08. The van der Waals surface area contributed by atoms with Gasteiger partial charge in [-0.25, -0.2) is 21.8 Å². The lowest BCUT2D eigenvalue weighted by molar-refractivity contribution is 0.596. The Morgan fingerprint density at radius 3 is 1.97 bits per heavy atom. The summed E-state index contributed by atoms with van der Waals surface area (Å²) in [4.78, 5) is 3.30. The van der Waals surface area contributed by atoms with Crippen molar-refractivity contribution in [2.75, 3.05) is 4.72 Å². The third-order valence-corrected chi connectivity index (χ3v) is 8.82. The van der Waals surface area contributed by atoms with Crippen LogP contribution in [0.5, 0.6) is 0 Å². The van der Waals surface area contributed by atoms with Crippen molar-refractivity contribution >= 4 is 71.1 Å². The fraction of sp³-hybridized carbons (Fsp3) is 0. The smallest absolute Gasteiger partial charge is 0.263 e. The SMILES string of the molecule is O=S(=O)(Nc1cc(Cl)c(S(=O)(=O)c2ccc3ccccc3c2)c(Cl)c1)c1ccc(Cl)nc1. The molecule has 0 fully saturated rings. The third-order valence-electron chi connectivity index (χ3n) is 4.56. The molecule has 0 saturated heterocycles. The van der Waals surface area contributed by atoms with E-state index < -0.39 is 19.9 Å². The van der Waals surface area contributed by atoms with Gasteiger partial charge in [-0.3, -0.25) is 4.72 Å². The second kappa shape index (κ2) is 8.53. The predicted molar refractivity (Wildman–Crippen MR) is 126 cm³/mol. The van der Waals surface area contributed by atoms with Gasteiger partial charge in [0.15, 0.2) is 0 Å². The van der Waals surface area contributed by atoms with Crippen LogP contribution in [0.2, 0.25) is 15.2 Å². The Morgan fingerprint density at radius 1 is 0.719 bits per heavy atom. The summed E-state index contributed by atoms with van der Waals surface area (Å²) in [5.41, 5.74) is -0.00703. The van der Waals surface area contributed by atoms with Crippen LogP contribution in [0.25, 0.3) is 10.8 Å². The second-order valence-electron chi connectivity index (χ2n) is 6.70. The quantitative estimate of drug-likeness (QED) is 0.330. The highest BCUT2D eigenvalue weighted by Gasteiger charge is 2.26. The molecule has 32 heavy (non-hydrogen) atoms. The summed E-state index contributed by atoms with van der Waals surface area (Å²) in [6, 6.07) is 17.0. The minimum absolute atomic E-state index is 0.00703. The van der Waals surface area contributed by atoms with Crippen LogP contribution in [0.3, 0.4) is 0 Å². The molecule has 0 aliphatic rings. The van der Waals surface area contributed by atoms with Crippen LogP contribution in [-0.2, 0) is 19.9 Å². The zero-order valence-corrected chi connectivity index (χ0v) is 19.9. The number of aromatic nitrogens is 1. The van der Waals surface area contributed by atoms with E-state index in [-0.39, 0.29) is 35.6 Å². The molecule has 0 aliphatic heterocycles. The number of halogens is 3. The molecule has 0 amide bonds. The van der Waals surface area contributed by atoms with Gasteiger partial charge in [0, 0.05) is 6.20 Å². The van der Waals surface area contributed by atoms with Gasteiger partial charge in [-0.05, 0) is 47.2 Å². The van der Waals surface area contributed by atoms with E-state index in [9.17, 15) is 16.8 Å². The van der Waals surface area contributed by atoms with Gasteiger partial charge in [-0.1, -0.05) is 65.1 Å². The van der Waals surface area contributed by atoms with Crippen molar-refractivity contribution < 1.29 is 16.8 Å². The summed E-state index contributed by atoms with van der Waals surface area (Å²) >= 11 is 18.2. The van der Waals surface area contributed by atoms with Crippen LogP contribution in [0, 0.1) is 0 Å². The molecule has 0 bridgehead atoms. The van der Waals surface area contributed by atoms with Crippen molar-refractivity contribution in [3.05, 3.63) is 88.1 Å². The molecule has 0 atom stereocenters. The van der Waals surface area contributed by atoms with E-state index in [0.29, 0.717) is 0 Å². The summed E-state index contributed by atoms with van der Waals surface area (Å²) < 4.78 is 53.9. The molecule has 1 heterocycles. The molecule has 3 aromatic carbocycles. The van der Waals surface area contributed by atoms with E-state index >= 15 is 0 Å². The molecule has 11 heteroatoms. The van der Waals surface area contributed by atoms with Gasteiger partial charge in [-0.15, -0.1) is 0 Å². The molecular formula is C21H13Cl3N2O4S2.